The molecule has 4 heterocycles. The van der Waals surface area contributed by atoms with Gasteiger partial charge < -0.3 is 15.1 Å². The third-order valence-electron chi connectivity index (χ3n) is 5.83. The van der Waals surface area contributed by atoms with Gasteiger partial charge in [-0.3, -0.25) is 9.59 Å². The van der Waals surface area contributed by atoms with Crippen molar-refractivity contribution in [1.29, 1.82) is 0 Å². The molecule has 7 nitrogen and oxygen atoms in total. The number of carbonyl (C=O) groups excluding carboxylic acids is 2. The molecule has 2 amide bonds. The highest BCUT2D eigenvalue weighted by Crippen LogP contribution is 2.43. The first-order valence-corrected chi connectivity index (χ1v) is 10.5. The van der Waals surface area contributed by atoms with E-state index in [9.17, 15) is 9.59 Å². The van der Waals surface area contributed by atoms with Gasteiger partial charge in [-0.2, -0.15) is 0 Å². The zero-order valence-corrected chi connectivity index (χ0v) is 16.4. The van der Waals surface area contributed by atoms with Crippen molar-refractivity contribution in [2.24, 2.45) is 0 Å². The lowest BCUT2D eigenvalue weighted by molar-refractivity contribution is -0.132. The Kier molecular flexibility index (Phi) is 4.99. The molecule has 2 aliphatic heterocycles. The van der Waals surface area contributed by atoms with E-state index in [1.807, 2.05) is 11.0 Å². The molecule has 1 atom stereocenters. The van der Waals surface area contributed by atoms with Gasteiger partial charge in [0.25, 0.3) is 0 Å². The van der Waals surface area contributed by atoms with Gasteiger partial charge in [-0.15, -0.1) is 11.3 Å². The van der Waals surface area contributed by atoms with Crippen molar-refractivity contribution >= 4 is 39.2 Å². The molecule has 0 aliphatic carbocycles. The predicted octanol–water partition coefficient (Wildman–Crippen LogP) is 2.18. The zero-order chi connectivity index (χ0) is 18.9. The summed E-state index contributed by atoms with van der Waals surface area (Å²) in [5, 5.41) is 4.69. The molecule has 2 aromatic heterocycles. The smallest absolute Gasteiger partial charge is 0.241 e. The predicted molar refractivity (Wildman–Crippen MR) is 106 cm³/mol. The summed E-state index contributed by atoms with van der Waals surface area (Å²) in [7, 11) is 0. The monoisotopic (exact) mass is 387 g/mol. The lowest BCUT2D eigenvalue weighted by Gasteiger charge is -2.39. The maximum Gasteiger partial charge on any atom is 0.241 e. The molecule has 2 saturated heterocycles. The second kappa shape index (κ2) is 7.42. The molecular weight excluding hydrogens is 362 g/mol. The fourth-order valence-electron chi connectivity index (χ4n) is 4.50. The number of nitrogens with zero attached hydrogens (tertiary/aromatic N) is 4. The number of amides is 2. The van der Waals surface area contributed by atoms with Crippen molar-refractivity contribution in [1.82, 2.24) is 20.2 Å². The van der Waals surface area contributed by atoms with Crippen molar-refractivity contribution in [2.75, 3.05) is 31.1 Å². The summed E-state index contributed by atoms with van der Waals surface area (Å²) in [5.74, 6) is 0.889. The van der Waals surface area contributed by atoms with Crippen molar-refractivity contribution in [3.63, 3.8) is 0 Å². The third kappa shape index (κ3) is 3.50. The topological polar surface area (TPSA) is 78.4 Å². The molecule has 4 rings (SSSR count). The molecule has 8 heteroatoms. The number of aromatic nitrogens is 2. The van der Waals surface area contributed by atoms with Crippen LogP contribution in [-0.2, 0) is 9.59 Å². The number of nitrogens with one attached hydrogen (secondary N) is 1. The molecule has 27 heavy (non-hydrogen) atoms. The number of rotatable bonds is 3. The lowest BCUT2D eigenvalue weighted by Crippen LogP contribution is -2.46. The third-order valence-corrected chi connectivity index (χ3v) is 6.73. The normalized spacial score (nSPS) is 23.0. The van der Waals surface area contributed by atoms with E-state index in [-0.39, 0.29) is 23.9 Å². The molecule has 1 N–H and O–H groups in total. The van der Waals surface area contributed by atoms with Gasteiger partial charge in [0.05, 0.1) is 16.8 Å². The quantitative estimate of drug-likeness (QED) is 0.873. The summed E-state index contributed by atoms with van der Waals surface area (Å²) in [6.07, 6.45) is 6.93. The number of thiophene rings is 1. The van der Waals surface area contributed by atoms with Crippen LogP contribution in [0.3, 0.4) is 0 Å². The zero-order valence-electron chi connectivity index (χ0n) is 15.6. The minimum Gasteiger partial charge on any atom is -0.350 e. The van der Waals surface area contributed by atoms with E-state index >= 15 is 0 Å². The van der Waals surface area contributed by atoms with E-state index < -0.39 is 0 Å². The van der Waals surface area contributed by atoms with Crippen LogP contribution in [0.1, 0.15) is 39.0 Å². The molecule has 0 unspecified atom stereocenters. The van der Waals surface area contributed by atoms with Gasteiger partial charge in [-0.05, 0) is 43.6 Å². The maximum atomic E-state index is 12.4. The summed E-state index contributed by atoms with van der Waals surface area (Å²) < 4.78 is 1.15. The Balaban J connectivity index is 1.53. The van der Waals surface area contributed by atoms with Crippen LogP contribution in [0, 0.1) is 0 Å². The Bertz CT molecular complexity index is 853. The van der Waals surface area contributed by atoms with E-state index in [2.05, 4.69) is 25.6 Å². The van der Waals surface area contributed by atoms with Gasteiger partial charge in [0.2, 0.25) is 11.8 Å². The van der Waals surface area contributed by atoms with Crippen LogP contribution < -0.4 is 10.2 Å². The van der Waals surface area contributed by atoms with Gasteiger partial charge in [0.15, 0.2) is 0 Å². The maximum absolute atomic E-state index is 12.4. The highest BCUT2D eigenvalue weighted by atomic mass is 32.1. The van der Waals surface area contributed by atoms with Crippen LogP contribution in [0.2, 0.25) is 0 Å². The van der Waals surface area contributed by atoms with Gasteiger partial charge >= 0.3 is 0 Å². The minimum absolute atomic E-state index is 0.00878. The first-order valence-electron chi connectivity index (χ1n) is 9.57. The summed E-state index contributed by atoms with van der Waals surface area (Å²) in [4.78, 5) is 36.9. The molecule has 0 aromatic carbocycles. The Morgan fingerprint density at radius 1 is 1.19 bits per heavy atom. The van der Waals surface area contributed by atoms with Crippen LogP contribution in [0.25, 0.3) is 10.2 Å². The van der Waals surface area contributed by atoms with Gasteiger partial charge in [-0.25, -0.2) is 9.97 Å². The average molecular weight is 388 g/mol. The fourth-order valence-corrected chi connectivity index (χ4v) is 5.34. The Hall–Kier alpha value is -2.22. The van der Waals surface area contributed by atoms with Gasteiger partial charge in [0, 0.05) is 32.1 Å². The second-order valence-electron chi connectivity index (χ2n) is 7.46. The number of likely N-dealkylation sites (tertiary alicyclic amines) is 1. The van der Waals surface area contributed by atoms with E-state index in [0.29, 0.717) is 0 Å². The summed E-state index contributed by atoms with van der Waals surface area (Å²) in [6.45, 7) is 4.02. The van der Waals surface area contributed by atoms with Crippen LogP contribution >= 0.6 is 11.3 Å². The molecule has 2 fully saturated rings. The largest absolute Gasteiger partial charge is 0.350 e. The molecule has 144 valence electrons. The molecule has 2 aliphatic rings. The van der Waals surface area contributed by atoms with Crippen molar-refractivity contribution in [3.05, 3.63) is 17.8 Å². The van der Waals surface area contributed by atoms with Crippen LogP contribution in [0.5, 0.6) is 0 Å². The molecular formula is C19H25N5O2S. The first-order chi connectivity index (χ1) is 13.1. The van der Waals surface area contributed by atoms with Crippen LogP contribution in [0.15, 0.2) is 17.8 Å². The number of hydrogen-bond acceptors (Lipinski definition) is 6. The summed E-state index contributed by atoms with van der Waals surface area (Å²) >= 11 is 1.70. The average Bonchev–Trinajstić information content (AvgIpc) is 3.23. The number of anilines is 1. The van der Waals surface area contributed by atoms with Gasteiger partial charge in [0.1, 0.15) is 12.1 Å². The number of carbonyl (C=O) groups is 2. The molecule has 1 spiro atoms. The SMILES string of the molecule is CC(=O)NCC(=O)N1CCC[C@@]2(CCCN2c2ncnc3ccsc23)CC1. The number of hydrogen-bond donors (Lipinski definition) is 1. The molecule has 0 saturated carbocycles. The first kappa shape index (κ1) is 18.2. The Morgan fingerprint density at radius 2 is 2.00 bits per heavy atom. The molecule has 2 aromatic rings. The minimum atomic E-state index is -0.166. The lowest BCUT2D eigenvalue weighted by atomic mass is 9.87. The second-order valence-corrected chi connectivity index (χ2v) is 8.37. The van der Waals surface area contributed by atoms with E-state index in [1.165, 1.54) is 6.92 Å². The highest BCUT2D eigenvalue weighted by molar-refractivity contribution is 7.17. The fraction of sp³-hybridized carbons (Fsp3) is 0.579. The van der Waals surface area contributed by atoms with E-state index in [0.717, 1.165) is 67.8 Å². The van der Waals surface area contributed by atoms with Crippen LogP contribution in [0.4, 0.5) is 5.82 Å². The number of fused-ring (bicyclic) bond motifs is 1. The van der Waals surface area contributed by atoms with Crippen LogP contribution in [-0.4, -0.2) is 58.4 Å². The summed E-state index contributed by atoms with van der Waals surface area (Å²) in [5.41, 5.74) is 1.07. The van der Waals surface area contributed by atoms with Crippen molar-refractivity contribution in [3.8, 4) is 0 Å². The highest BCUT2D eigenvalue weighted by Gasteiger charge is 2.43. The standard InChI is InChI=1S/C19H25N5O2S/c1-14(25)20-12-16(26)23-8-2-5-19(7-10-23)6-3-9-24(19)18-17-15(4-11-27-17)21-13-22-18/h4,11,13H,2-3,5-10,12H2,1H3,(H,20,25)/t19-/m1/s1. The summed E-state index contributed by atoms with van der Waals surface area (Å²) in [6, 6.07) is 2.05. The Morgan fingerprint density at radius 3 is 2.81 bits per heavy atom. The van der Waals surface area contributed by atoms with Crippen molar-refractivity contribution in [2.45, 2.75) is 44.6 Å². The van der Waals surface area contributed by atoms with E-state index in [1.54, 1.807) is 17.7 Å². The Labute approximate surface area is 162 Å². The molecule has 0 bridgehead atoms. The van der Waals surface area contributed by atoms with Crippen molar-refractivity contribution < 1.29 is 9.59 Å². The molecule has 0 radical (unpaired) electrons. The van der Waals surface area contributed by atoms with E-state index in [4.69, 9.17) is 0 Å². The van der Waals surface area contributed by atoms with Gasteiger partial charge in [-0.1, -0.05) is 0 Å².